The van der Waals surface area contributed by atoms with E-state index in [2.05, 4.69) is 15.7 Å². The van der Waals surface area contributed by atoms with Crippen molar-refractivity contribution < 1.29 is 14.3 Å². The zero-order valence-corrected chi connectivity index (χ0v) is 18.4. The molecule has 2 aromatic carbocycles. The van der Waals surface area contributed by atoms with Crippen LogP contribution in [0.5, 0.6) is 5.75 Å². The highest BCUT2D eigenvalue weighted by molar-refractivity contribution is 6.30. The summed E-state index contributed by atoms with van der Waals surface area (Å²) in [4.78, 5) is 25.0. The lowest BCUT2D eigenvalue weighted by Crippen LogP contribution is -2.33. The summed E-state index contributed by atoms with van der Waals surface area (Å²) in [5.74, 6) is 0.0660. The molecule has 0 aliphatic carbocycles. The molecule has 0 spiro atoms. The first-order valence-electron chi connectivity index (χ1n) is 10.0. The number of rotatable bonds is 8. The van der Waals surface area contributed by atoms with Crippen molar-refractivity contribution in [2.45, 2.75) is 26.7 Å². The number of hydrogen-bond donors (Lipinski definition) is 2. The van der Waals surface area contributed by atoms with Crippen molar-refractivity contribution in [1.29, 1.82) is 0 Å². The van der Waals surface area contributed by atoms with E-state index in [-0.39, 0.29) is 24.3 Å². The van der Waals surface area contributed by atoms with Crippen LogP contribution in [0.15, 0.2) is 54.7 Å². The largest absolute Gasteiger partial charge is 0.494 e. The number of nitrogens with zero attached hydrogens (tertiary/aromatic N) is 2. The fourth-order valence-corrected chi connectivity index (χ4v) is 3.35. The first-order valence-corrected chi connectivity index (χ1v) is 10.4. The highest BCUT2D eigenvalue weighted by atomic mass is 35.5. The third kappa shape index (κ3) is 5.64. The van der Waals surface area contributed by atoms with Crippen LogP contribution in [0.1, 0.15) is 42.7 Å². The van der Waals surface area contributed by atoms with Crippen LogP contribution in [0, 0.1) is 0 Å². The minimum atomic E-state index is -0.362. The first-order chi connectivity index (χ1) is 14.9. The molecule has 0 atom stereocenters. The molecule has 1 aromatic heterocycles. The Bertz CT molecular complexity index is 1060. The molecule has 2 amide bonds. The summed E-state index contributed by atoms with van der Waals surface area (Å²) < 4.78 is 7.08. The van der Waals surface area contributed by atoms with Gasteiger partial charge in [0.1, 0.15) is 5.75 Å². The number of anilines is 1. The van der Waals surface area contributed by atoms with Gasteiger partial charge in [-0.2, -0.15) is 5.10 Å². The molecule has 0 aliphatic rings. The van der Waals surface area contributed by atoms with E-state index in [4.69, 9.17) is 16.3 Å². The van der Waals surface area contributed by atoms with Gasteiger partial charge < -0.3 is 15.4 Å². The second kappa shape index (κ2) is 10.1. The van der Waals surface area contributed by atoms with Gasteiger partial charge in [-0.3, -0.25) is 9.59 Å². The van der Waals surface area contributed by atoms with Crippen molar-refractivity contribution in [2.75, 3.05) is 18.5 Å². The number of amides is 2. The van der Waals surface area contributed by atoms with E-state index in [0.717, 1.165) is 17.1 Å². The molecular weight excluding hydrogens is 416 g/mol. The third-order valence-electron chi connectivity index (χ3n) is 4.51. The second-order valence-corrected chi connectivity index (χ2v) is 7.61. The van der Waals surface area contributed by atoms with E-state index in [1.54, 1.807) is 41.1 Å². The quantitative estimate of drug-likeness (QED) is 0.543. The van der Waals surface area contributed by atoms with Gasteiger partial charge in [0.05, 0.1) is 36.3 Å². The summed E-state index contributed by atoms with van der Waals surface area (Å²) >= 11 is 6.10. The predicted octanol–water partition coefficient (Wildman–Crippen LogP) is 4.42. The summed E-state index contributed by atoms with van der Waals surface area (Å²) in [6.45, 7) is 6.28. The highest BCUT2D eigenvalue weighted by Gasteiger charge is 2.21. The van der Waals surface area contributed by atoms with Crippen LogP contribution < -0.4 is 15.4 Å². The fraction of sp³-hybridized carbons (Fsp3) is 0.261. The molecule has 0 saturated carbocycles. The number of halogens is 1. The number of nitrogens with one attached hydrogen (secondary N) is 2. The van der Waals surface area contributed by atoms with Gasteiger partial charge in [-0.25, -0.2) is 4.68 Å². The molecule has 0 fully saturated rings. The average molecular weight is 441 g/mol. The number of ether oxygens (including phenoxy) is 1. The molecule has 2 N–H and O–H groups in total. The molecule has 1 heterocycles. The molecule has 0 radical (unpaired) electrons. The average Bonchev–Trinajstić information content (AvgIpc) is 3.19. The molecule has 162 valence electrons. The van der Waals surface area contributed by atoms with Crippen LogP contribution in [-0.2, 0) is 4.79 Å². The monoisotopic (exact) mass is 440 g/mol. The Kier molecular flexibility index (Phi) is 7.31. The molecule has 0 unspecified atom stereocenters. The van der Waals surface area contributed by atoms with Crippen molar-refractivity contribution >= 4 is 29.1 Å². The van der Waals surface area contributed by atoms with Gasteiger partial charge in [0.25, 0.3) is 5.91 Å². The molecule has 0 aliphatic heterocycles. The number of carbonyl (C=O) groups is 2. The first kappa shape index (κ1) is 22.4. The lowest BCUT2D eigenvalue weighted by Gasteiger charge is -2.13. The maximum atomic E-state index is 12.8. The van der Waals surface area contributed by atoms with E-state index in [1.807, 2.05) is 32.9 Å². The smallest absolute Gasteiger partial charge is 0.255 e. The molecule has 7 nitrogen and oxygen atoms in total. The highest BCUT2D eigenvalue weighted by Crippen LogP contribution is 2.24. The van der Waals surface area contributed by atoms with Crippen molar-refractivity contribution in [1.82, 2.24) is 15.1 Å². The molecule has 31 heavy (non-hydrogen) atoms. The van der Waals surface area contributed by atoms with Crippen LogP contribution in [-0.4, -0.2) is 34.7 Å². The maximum Gasteiger partial charge on any atom is 0.255 e. The number of hydrogen-bond acceptors (Lipinski definition) is 4. The van der Waals surface area contributed by atoms with Gasteiger partial charge >= 0.3 is 0 Å². The molecule has 0 bridgehead atoms. The van der Waals surface area contributed by atoms with E-state index >= 15 is 0 Å². The summed E-state index contributed by atoms with van der Waals surface area (Å²) in [5.41, 5.74) is 2.55. The number of aromatic nitrogens is 2. The van der Waals surface area contributed by atoms with E-state index in [9.17, 15) is 9.59 Å². The van der Waals surface area contributed by atoms with Gasteiger partial charge in [-0.1, -0.05) is 31.5 Å². The minimum Gasteiger partial charge on any atom is -0.494 e. The molecule has 8 heteroatoms. The standard InChI is InChI=1S/C23H25ClN4O3/c1-4-31-19-10-8-17(9-11-19)27-21(29)14-25-23(30)20-13-26-28(22(20)15(2)3)18-7-5-6-16(24)12-18/h5-13,15H,4,14H2,1-3H3,(H,25,30)(H,27,29). The summed E-state index contributed by atoms with van der Waals surface area (Å²) in [7, 11) is 0. The summed E-state index contributed by atoms with van der Waals surface area (Å²) in [5, 5.41) is 10.4. The number of benzene rings is 2. The molecule has 3 rings (SSSR count). The number of carbonyl (C=O) groups excluding carboxylic acids is 2. The second-order valence-electron chi connectivity index (χ2n) is 7.18. The minimum absolute atomic E-state index is 0.0277. The topological polar surface area (TPSA) is 85.2 Å². The van der Waals surface area contributed by atoms with Crippen LogP contribution in [0.3, 0.4) is 0 Å². The third-order valence-corrected chi connectivity index (χ3v) is 4.74. The van der Waals surface area contributed by atoms with E-state index in [0.29, 0.717) is 22.9 Å². The lowest BCUT2D eigenvalue weighted by molar-refractivity contribution is -0.115. The molecule has 0 saturated heterocycles. The van der Waals surface area contributed by atoms with Crippen molar-refractivity contribution in [3.05, 3.63) is 71.0 Å². The summed E-state index contributed by atoms with van der Waals surface area (Å²) in [6.07, 6.45) is 1.51. The zero-order chi connectivity index (χ0) is 22.4. The Morgan fingerprint density at radius 1 is 1.16 bits per heavy atom. The van der Waals surface area contributed by atoms with E-state index < -0.39 is 0 Å². The van der Waals surface area contributed by atoms with Gasteiger partial charge in [-0.15, -0.1) is 0 Å². The van der Waals surface area contributed by atoms with Crippen molar-refractivity contribution in [2.24, 2.45) is 0 Å². The Labute approximate surface area is 186 Å². The Morgan fingerprint density at radius 2 is 1.90 bits per heavy atom. The van der Waals surface area contributed by atoms with Crippen molar-refractivity contribution in [3.8, 4) is 11.4 Å². The normalized spacial score (nSPS) is 10.7. The van der Waals surface area contributed by atoms with Crippen LogP contribution in [0.25, 0.3) is 5.69 Å². The summed E-state index contributed by atoms with van der Waals surface area (Å²) in [6, 6.07) is 14.3. The van der Waals surface area contributed by atoms with Crippen molar-refractivity contribution in [3.63, 3.8) is 0 Å². The Hall–Kier alpha value is -3.32. The van der Waals surface area contributed by atoms with Gasteiger partial charge in [0.15, 0.2) is 0 Å². The van der Waals surface area contributed by atoms with Crippen LogP contribution in [0.4, 0.5) is 5.69 Å². The zero-order valence-electron chi connectivity index (χ0n) is 17.7. The SMILES string of the molecule is CCOc1ccc(NC(=O)CNC(=O)c2cnn(-c3cccc(Cl)c3)c2C(C)C)cc1. The lowest BCUT2D eigenvalue weighted by atomic mass is 10.1. The van der Waals surface area contributed by atoms with Gasteiger partial charge in [0.2, 0.25) is 5.91 Å². The molecule has 3 aromatic rings. The Morgan fingerprint density at radius 3 is 2.55 bits per heavy atom. The van der Waals surface area contributed by atoms with Gasteiger partial charge in [0, 0.05) is 10.7 Å². The van der Waals surface area contributed by atoms with Gasteiger partial charge in [-0.05, 0) is 55.3 Å². The fourth-order valence-electron chi connectivity index (χ4n) is 3.16. The van der Waals surface area contributed by atoms with E-state index in [1.165, 1.54) is 6.20 Å². The maximum absolute atomic E-state index is 12.8. The molecular formula is C23H25ClN4O3. The van der Waals surface area contributed by atoms with Crippen LogP contribution >= 0.6 is 11.6 Å². The predicted molar refractivity (Wildman–Crippen MR) is 121 cm³/mol. The van der Waals surface area contributed by atoms with Crippen LogP contribution in [0.2, 0.25) is 5.02 Å². The Balaban J connectivity index is 1.67.